The molecule has 2 saturated heterocycles. The van der Waals surface area contributed by atoms with Crippen molar-refractivity contribution in [2.45, 2.75) is 84.4 Å². The predicted octanol–water partition coefficient (Wildman–Crippen LogP) is 5.06. The number of carbonyl (C=O) groups is 1. The van der Waals surface area contributed by atoms with Crippen LogP contribution < -0.4 is 5.32 Å². The number of ether oxygens (including phenoxy) is 1. The predicted molar refractivity (Wildman–Crippen MR) is 127 cm³/mol. The second-order valence-electron chi connectivity index (χ2n) is 10.7. The fourth-order valence-electron chi connectivity index (χ4n) is 5.10. The van der Waals surface area contributed by atoms with E-state index in [4.69, 9.17) is 4.74 Å². The van der Waals surface area contributed by atoms with E-state index in [1.807, 2.05) is 25.7 Å². The summed E-state index contributed by atoms with van der Waals surface area (Å²) in [5.74, 6) is 0. The number of hydrogen-bond acceptors (Lipinski definition) is 4. The van der Waals surface area contributed by atoms with E-state index < -0.39 is 5.60 Å². The molecule has 1 unspecified atom stereocenters. The highest BCUT2D eigenvalue weighted by Gasteiger charge is 2.37. The molecule has 2 heterocycles. The van der Waals surface area contributed by atoms with Crippen molar-refractivity contribution < 1.29 is 9.53 Å². The van der Waals surface area contributed by atoms with Crippen LogP contribution in [0, 0.1) is 5.41 Å². The Balaban J connectivity index is 1.49. The highest BCUT2D eigenvalue weighted by atomic mass is 16.6. The van der Waals surface area contributed by atoms with Gasteiger partial charge >= 0.3 is 6.09 Å². The van der Waals surface area contributed by atoms with Crippen molar-refractivity contribution >= 4 is 6.09 Å². The molecule has 0 spiro atoms. The van der Waals surface area contributed by atoms with Gasteiger partial charge in [-0.1, -0.05) is 43.7 Å². The summed E-state index contributed by atoms with van der Waals surface area (Å²) in [6.07, 6.45) is 6.91. The maximum atomic E-state index is 12.5. The Kier molecular flexibility index (Phi) is 8.40. The van der Waals surface area contributed by atoms with Crippen molar-refractivity contribution in [2.24, 2.45) is 5.41 Å². The van der Waals surface area contributed by atoms with Crippen molar-refractivity contribution in [1.29, 1.82) is 0 Å². The lowest BCUT2D eigenvalue weighted by atomic mass is 9.74. The minimum Gasteiger partial charge on any atom is -0.444 e. The first kappa shape index (κ1) is 24.1. The zero-order valence-corrected chi connectivity index (χ0v) is 20.2. The van der Waals surface area contributed by atoms with E-state index in [9.17, 15) is 4.79 Å². The third kappa shape index (κ3) is 7.50. The van der Waals surface area contributed by atoms with E-state index >= 15 is 0 Å². The first-order chi connectivity index (χ1) is 14.8. The number of likely N-dealkylation sites (tertiary alicyclic amines) is 2. The van der Waals surface area contributed by atoms with Crippen LogP contribution in [0.1, 0.15) is 71.8 Å². The second-order valence-corrected chi connectivity index (χ2v) is 10.7. The second kappa shape index (κ2) is 10.8. The lowest BCUT2D eigenvalue weighted by Gasteiger charge is -2.43. The number of hydrogen-bond donors (Lipinski definition) is 1. The SMILES string of the molecule is CCCC1(CNC2CCCN(Cc3ccccc3)C2)CCN(C(=O)OC(C)(C)C)CC1. The van der Waals surface area contributed by atoms with Crippen molar-refractivity contribution in [3.63, 3.8) is 0 Å². The van der Waals surface area contributed by atoms with Gasteiger partial charge in [-0.3, -0.25) is 4.90 Å². The van der Waals surface area contributed by atoms with Crippen LogP contribution in [-0.2, 0) is 11.3 Å². The third-order valence-corrected chi connectivity index (χ3v) is 6.78. The Morgan fingerprint density at radius 3 is 2.52 bits per heavy atom. The molecule has 1 N–H and O–H groups in total. The summed E-state index contributed by atoms with van der Waals surface area (Å²) in [5, 5.41) is 3.94. The van der Waals surface area contributed by atoms with Crippen LogP contribution in [0.15, 0.2) is 30.3 Å². The molecule has 1 amide bonds. The van der Waals surface area contributed by atoms with Crippen LogP contribution in [0.3, 0.4) is 0 Å². The standard InChI is InChI=1S/C26H43N3O2/c1-5-13-26(14-17-29(18-15-26)24(30)31-25(2,3)4)21-27-23-12-9-16-28(20-23)19-22-10-7-6-8-11-22/h6-8,10-11,23,27H,5,9,12-21H2,1-4H3. The van der Waals surface area contributed by atoms with Gasteiger partial charge in [-0.15, -0.1) is 0 Å². The molecule has 5 nitrogen and oxygen atoms in total. The lowest BCUT2D eigenvalue weighted by Crippen LogP contribution is -2.52. The number of piperidine rings is 2. The van der Waals surface area contributed by atoms with Gasteiger partial charge < -0.3 is 15.0 Å². The summed E-state index contributed by atoms with van der Waals surface area (Å²) in [6.45, 7) is 14.1. The van der Waals surface area contributed by atoms with Gasteiger partial charge in [0.15, 0.2) is 0 Å². The topological polar surface area (TPSA) is 44.8 Å². The third-order valence-electron chi connectivity index (χ3n) is 6.78. The Hall–Kier alpha value is -1.59. The van der Waals surface area contributed by atoms with Gasteiger partial charge in [-0.05, 0) is 70.4 Å². The van der Waals surface area contributed by atoms with Gasteiger partial charge in [-0.25, -0.2) is 4.79 Å². The van der Waals surface area contributed by atoms with E-state index in [1.54, 1.807) is 0 Å². The van der Waals surface area contributed by atoms with E-state index in [0.29, 0.717) is 11.5 Å². The molecule has 1 aromatic carbocycles. The molecule has 1 aromatic rings. The van der Waals surface area contributed by atoms with Gasteiger partial charge in [0.2, 0.25) is 0 Å². The number of rotatable bonds is 7. The van der Waals surface area contributed by atoms with Crippen LogP contribution >= 0.6 is 0 Å². The highest BCUT2D eigenvalue weighted by molar-refractivity contribution is 5.68. The number of nitrogens with one attached hydrogen (secondary N) is 1. The summed E-state index contributed by atoms with van der Waals surface area (Å²) in [5.41, 5.74) is 1.28. The number of amides is 1. The van der Waals surface area contributed by atoms with Crippen molar-refractivity contribution in [3.05, 3.63) is 35.9 Å². The normalized spacial score (nSPS) is 22.3. The minimum absolute atomic E-state index is 0.158. The molecule has 5 heteroatoms. The number of carbonyl (C=O) groups excluding carboxylic acids is 1. The van der Waals surface area contributed by atoms with Gasteiger partial charge in [0, 0.05) is 38.8 Å². The number of nitrogens with zero attached hydrogens (tertiary/aromatic N) is 2. The van der Waals surface area contributed by atoms with Crippen LogP contribution in [0.5, 0.6) is 0 Å². The number of benzene rings is 1. The van der Waals surface area contributed by atoms with E-state index in [0.717, 1.165) is 45.6 Å². The van der Waals surface area contributed by atoms with Gasteiger partial charge in [0.05, 0.1) is 0 Å². The molecule has 1 atom stereocenters. The molecule has 174 valence electrons. The van der Waals surface area contributed by atoms with Crippen LogP contribution in [0.25, 0.3) is 0 Å². The molecule has 2 aliphatic heterocycles. The largest absolute Gasteiger partial charge is 0.444 e. The lowest BCUT2D eigenvalue weighted by molar-refractivity contribution is 0.00803. The summed E-state index contributed by atoms with van der Waals surface area (Å²) in [4.78, 5) is 17.0. The molecule has 2 aliphatic rings. The average molecular weight is 430 g/mol. The zero-order chi connectivity index (χ0) is 22.3. The maximum Gasteiger partial charge on any atom is 0.410 e. The Labute approximate surface area is 189 Å². The summed E-state index contributed by atoms with van der Waals surface area (Å²) < 4.78 is 5.59. The molecular formula is C26H43N3O2. The molecule has 0 aromatic heterocycles. The summed E-state index contributed by atoms with van der Waals surface area (Å²) in [6, 6.07) is 11.4. The molecule has 0 aliphatic carbocycles. The monoisotopic (exact) mass is 429 g/mol. The van der Waals surface area contributed by atoms with Gasteiger partial charge in [-0.2, -0.15) is 0 Å². The molecule has 0 radical (unpaired) electrons. The van der Waals surface area contributed by atoms with Crippen molar-refractivity contribution in [3.8, 4) is 0 Å². The van der Waals surface area contributed by atoms with Crippen LogP contribution in [-0.4, -0.2) is 60.3 Å². The molecular weight excluding hydrogens is 386 g/mol. The summed E-state index contributed by atoms with van der Waals surface area (Å²) >= 11 is 0. The molecule has 31 heavy (non-hydrogen) atoms. The Morgan fingerprint density at radius 1 is 1.16 bits per heavy atom. The first-order valence-electron chi connectivity index (χ1n) is 12.3. The molecule has 2 fully saturated rings. The van der Waals surface area contributed by atoms with E-state index in [2.05, 4.69) is 47.5 Å². The Morgan fingerprint density at radius 2 is 1.87 bits per heavy atom. The maximum absolute atomic E-state index is 12.5. The van der Waals surface area contributed by atoms with Crippen LogP contribution in [0.4, 0.5) is 4.79 Å². The van der Waals surface area contributed by atoms with Crippen molar-refractivity contribution in [1.82, 2.24) is 15.1 Å². The zero-order valence-electron chi connectivity index (χ0n) is 20.2. The van der Waals surface area contributed by atoms with Gasteiger partial charge in [0.25, 0.3) is 0 Å². The fraction of sp³-hybridized carbons (Fsp3) is 0.731. The van der Waals surface area contributed by atoms with Crippen molar-refractivity contribution in [2.75, 3.05) is 32.7 Å². The molecule has 0 bridgehead atoms. The quantitative estimate of drug-likeness (QED) is 0.658. The average Bonchev–Trinajstić information content (AvgIpc) is 2.73. The minimum atomic E-state index is -0.427. The smallest absolute Gasteiger partial charge is 0.410 e. The van der Waals surface area contributed by atoms with Crippen LogP contribution in [0.2, 0.25) is 0 Å². The van der Waals surface area contributed by atoms with Gasteiger partial charge in [0.1, 0.15) is 5.60 Å². The fourth-order valence-corrected chi connectivity index (χ4v) is 5.10. The summed E-state index contributed by atoms with van der Waals surface area (Å²) in [7, 11) is 0. The first-order valence-corrected chi connectivity index (χ1v) is 12.3. The molecule has 0 saturated carbocycles. The van der Waals surface area contributed by atoms with E-state index in [1.165, 1.54) is 37.8 Å². The van der Waals surface area contributed by atoms with E-state index in [-0.39, 0.29) is 6.09 Å². The molecule has 3 rings (SSSR count). The highest BCUT2D eigenvalue weighted by Crippen LogP contribution is 2.36. The Bertz CT molecular complexity index is 678.